The van der Waals surface area contributed by atoms with Crippen molar-refractivity contribution in [3.05, 3.63) is 11.8 Å². The topological polar surface area (TPSA) is 29.9 Å². The van der Waals surface area contributed by atoms with Gasteiger partial charge in [-0.25, -0.2) is 4.68 Å². The Balaban J connectivity index is 1.96. The van der Waals surface area contributed by atoms with Gasteiger partial charge < -0.3 is 5.32 Å². The van der Waals surface area contributed by atoms with Crippen LogP contribution in [-0.2, 0) is 5.41 Å². The van der Waals surface area contributed by atoms with Crippen molar-refractivity contribution in [1.29, 1.82) is 0 Å². The molecule has 1 aromatic rings. The van der Waals surface area contributed by atoms with Gasteiger partial charge in [0.05, 0.1) is 11.7 Å². The molecule has 2 heterocycles. The fourth-order valence-corrected chi connectivity index (χ4v) is 3.13. The van der Waals surface area contributed by atoms with E-state index in [0.717, 1.165) is 12.5 Å². The van der Waals surface area contributed by atoms with E-state index in [2.05, 4.69) is 36.8 Å². The molecule has 1 N–H and O–H groups in total. The van der Waals surface area contributed by atoms with Gasteiger partial charge >= 0.3 is 0 Å². The highest BCUT2D eigenvalue weighted by Crippen LogP contribution is 2.39. The van der Waals surface area contributed by atoms with Crippen LogP contribution >= 0.6 is 0 Å². The zero-order valence-corrected chi connectivity index (χ0v) is 11.2. The smallest absolute Gasteiger partial charge is 0.124 e. The Morgan fingerprint density at radius 1 is 1.29 bits per heavy atom. The van der Waals surface area contributed by atoms with Crippen LogP contribution in [0, 0.1) is 5.92 Å². The van der Waals surface area contributed by atoms with Gasteiger partial charge in [-0.2, -0.15) is 5.10 Å². The molecule has 94 valence electrons. The number of aromatic nitrogens is 2. The lowest BCUT2D eigenvalue weighted by Crippen LogP contribution is -2.35. The molecule has 3 rings (SSSR count). The second-order valence-corrected chi connectivity index (χ2v) is 6.60. The largest absolute Gasteiger partial charge is 0.370 e. The number of rotatable bonds is 0. The second kappa shape index (κ2) is 3.76. The molecule has 3 heteroatoms. The van der Waals surface area contributed by atoms with Crippen LogP contribution < -0.4 is 5.32 Å². The van der Waals surface area contributed by atoms with E-state index in [0.29, 0.717) is 6.04 Å². The molecular formula is C14H23N3. The lowest BCUT2D eigenvalue weighted by Gasteiger charge is -2.36. The first-order valence-electron chi connectivity index (χ1n) is 6.89. The molecule has 3 nitrogen and oxygen atoms in total. The van der Waals surface area contributed by atoms with Gasteiger partial charge in [0.15, 0.2) is 0 Å². The summed E-state index contributed by atoms with van der Waals surface area (Å²) in [7, 11) is 0. The molecule has 0 amide bonds. The zero-order chi connectivity index (χ0) is 12.0. The van der Waals surface area contributed by atoms with Gasteiger partial charge in [0.1, 0.15) is 5.82 Å². The van der Waals surface area contributed by atoms with E-state index < -0.39 is 0 Å². The quantitative estimate of drug-likeness (QED) is 0.745. The molecule has 1 saturated carbocycles. The molecule has 2 aliphatic rings. The van der Waals surface area contributed by atoms with Crippen LogP contribution in [-0.4, -0.2) is 16.3 Å². The monoisotopic (exact) mass is 233 g/mol. The van der Waals surface area contributed by atoms with Crippen LogP contribution in [0.3, 0.4) is 0 Å². The van der Waals surface area contributed by atoms with Gasteiger partial charge in [-0.1, -0.05) is 33.6 Å². The van der Waals surface area contributed by atoms with E-state index in [4.69, 9.17) is 5.10 Å². The maximum atomic E-state index is 4.86. The van der Waals surface area contributed by atoms with Crippen molar-refractivity contribution in [2.75, 3.05) is 11.9 Å². The molecule has 1 fully saturated rings. The molecular weight excluding hydrogens is 210 g/mol. The predicted octanol–water partition coefficient (Wildman–Crippen LogP) is 3.34. The predicted molar refractivity (Wildman–Crippen MR) is 70.4 cm³/mol. The number of hydrogen-bond acceptors (Lipinski definition) is 2. The first-order chi connectivity index (χ1) is 8.05. The molecule has 0 aromatic carbocycles. The molecule has 1 aromatic heterocycles. The molecule has 1 aliphatic heterocycles. The molecule has 2 unspecified atom stereocenters. The van der Waals surface area contributed by atoms with E-state index in [9.17, 15) is 0 Å². The van der Waals surface area contributed by atoms with Gasteiger partial charge in [0, 0.05) is 18.0 Å². The summed E-state index contributed by atoms with van der Waals surface area (Å²) in [6, 6.07) is 2.89. The minimum atomic E-state index is 0.149. The summed E-state index contributed by atoms with van der Waals surface area (Å²) in [4.78, 5) is 0. The van der Waals surface area contributed by atoms with Crippen molar-refractivity contribution < 1.29 is 0 Å². The van der Waals surface area contributed by atoms with E-state index in [1.54, 1.807) is 0 Å². The summed E-state index contributed by atoms with van der Waals surface area (Å²) in [6.45, 7) is 7.85. The number of nitrogens with zero attached hydrogens (tertiary/aromatic N) is 2. The Hall–Kier alpha value is -0.990. The highest BCUT2D eigenvalue weighted by molar-refractivity contribution is 5.41. The Morgan fingerprint density at radius 2 is 2.06 bits per heavy atom. The molecule has 2 atom stereocenters. The maximum absolute atomic E-state index is 4.86. The molecule has 17 heavy (non-hydrogen) atoms. The van der Waals surface area contributed by atoms with E-state index in [-0.39, 0.29) is 5.41 Å². The van der Waals surface area contributed by atoms with Crippen molar-refractivity contribution in [2.45, 2.75) is 57.9 Å². The highest BCUT2D eigenvalue weighted by atomic mass is 15.4. The number of anilines is 1. The summed E-state index contributed by atoms with van der Waals surface area (Å²) in [5.41, 5.74) is 1.36. The molecule has 0 spiro atoms. The third kappa shape index (κ3) is 1.85. The third-order valence-corrected chi connectivity index (χ3v) is 4.23. The first kappa shape index (κ1) is 11.1. The Bertz CT molecular complexity index is 414. The summed E-state index contributed by atoms with van der Waals surface area (Å²) in [5, 5.41) is 8.42. The lowest BCUT2D eigenvalue weighted by atomic mass is 9.83. The lowest BCUT2D eigenvalue weighted by molar-refractivity contribution is 0.221. The molecule has 0 bridgehead atoms. The van der Waals surface area contributed by atoms with Crippen LogP contribution in [0.25, 0.3) is 0 Å². The summed E-state index contributed by atoms with van der Waals surface area (Å²) in [5.74, 6) is 2.03. The Kier molecular flexibility index (Phi) is 2.46. The SMILES string of the molecule is CC(C)(C)c1cc2n(n1)C1CCCCC1CN2. The van der Waals surface area contributed by atoms with Gasteiger partial charge in [0.25, 0.3) is 0 Å². The van der Waals surface area contributed by atoms with Crippen molar-refractivity contribution in [3.63, 3.8) is 0 Å². The van der Waals surface area contributed by atoms with Gasteiger partial charge in [0.2, 0.25) is 0 Å². The normalized spacial score (nSPS) is 28.2. The highest BCUT2D eigenvalue weighted by Gasteiger charge is 2.33. The third-order valence-electron chi connectivity index (χ3n) is 4.23. The van der Waals surface area contributed by atoms with Crippen molar-refractivity contribution >= 4 is 5.82 Å². The first-order valence-corrected chi connectivity index (χ1v) is 6.89. The average molecular weight is 233 g/mol. The van der Waals surface area contributed by atoms with Gasteiger partial charge in [-0.3, -0.25) is 0 Å². The second-order valence-electron chi connectivity index (χ2n) is 6.60. The fraction of sp³-hybridized carbons (Fsp3) is 0.786. The van der Waals surface area contributed by atoms with Crippen molar-refractivity contribution in [1.82, 2.24) is 9.78 Å². The summed E-state index contributed by atoms with van der Waals surface area (Å²) < 4.78 is 2.27. The summed E-state index contributed by atoms with van der Waals surface area (Å²) in [6.07, 6.45) is 5.43. The van der Waals surface area contributed by atoms with Crippen LogP contribution in [0.4, 0.5) is 5.82 Å². The zero-order valence-electron chi connectivity index (χ0n) is 11.2. The van der Waals surface area contributed by atoms with Crippen LogP contribution in [0.5, 0.6) is 0 Å². The van der Waals surface area contributed by atoms with Crippen LogP contribution in [0.1, 0.15) is 58.2 Å². The van der Waals surface area contributed by atoms with E-state index in [1.807, 2.05) is 0 Å². The van der Waals surface area contributed by atoms with E-state index >= 15 is 0 Å². The fourth-order valence-electron chi connectivity index (χ4n) is 3.13. The number of hydrogen-bond donors (Lipinski definition) is 1. The van der Waals surface area contributed by atoms with Crippen molar-refractivity contribution in [2.24, 2.45) is 5.92 Å². The molecule has 0 radical (unpaired) electrons. The standard InChI is InChI=1S/C14H23N3/c1-14(2,3)12-8-13-15-9-10-6-4-5-7-11(10)17(13)16-12/h8,10-11,15H,4-7,9H2,1-3H3. The minimum Gasteiger partial charge on any atom is -0.370 e. The Labute approximate surface area is 104 Å². The minimum absolute atomic E-state index is 0.149. The number of nitrogens with one attached hydrogen (secondary N) is 1. The van der Waals surface area contributed by atoms with Gasteiger partial charge in [-0.05, 0) is 18.8 Å². The summed E-state index contributed by atoms with van der Waals surface area (Å²) >= 11 is 0. The maximum Gasteiger partial charge on any atom is 0.124 e. The average Bonchev–Trinajstić information content (AvgIpc) is 2.72. The van der Waals surface area contributed by atoms with E-state index in [1.165, 1.54) is 37.2 Å². The van der Waals surface area contributed by atoms with Crippen LogP contribution in [0.2, 0.25) is 0 Å². The molecule has 0 saturated heterocycles. The Morgan fingerprint density at radius 3 is 2.82 bits per heavy atom. The van der Waals surface area contributed by atoms with Gasteiger partial charge in [-0.15, -0.1) is 0 Å². The van der Waals surface area contributed by atoms with Crippen LogP contribution in [0.15, 0.2) is 6.07 Å². The van der Waals surface area contributed by atoms with Crippen molar-refractivity contribution in [3.8, 4) is 0 Å². The number of fused-ring (bicyclic) bond motifs is 3. The molecule has 1 aliphatic carbocycles.